The third-order valence-corrected chi connectivity index (χ3v) is 1.92. The van der Waals surface area contributed by atoms with Crippen LogP contribution in [0.3, 0.4) is 0 Å². The van der Waals surface area contributed by atoms with Gasteiger partial charge in [0.15, 0.2) is 0 Å². The molecule has 0 aromatic heterocycles. The number of carbonyl (C=O) groups is 1. The van der Waals surface area contributed by atoms with Crippen molar-refractivity contribution < 1.29 is 9.90 Å². The largest absolute Gasteiger partial charge is 0.481 e. The van der Waals surface area contributed by atoms with Crippen LogP contribution in [0.15, 0.2) is 12.2 Å². The molecule has 1 N–H and O–H groups in total. The summed E-state index contributed by atoms with van der Waals surface area (Å²) in [4.78, 5) is 10.4. The van der Waals surface area contributed by atoms with Crippen LogP contribution in [0.4, 0.5) is 0 Å². The standard InChI is InChI=1S/C10H18O2/c1-3-4-5-6-7-8-9(2)10(11)12/h3-4,9H,5-8H2,1-2H3,(H,11,12). The van der Waals surface area contributed by atoms with E-state index in [1.54, 1.807) is 6.92 Å². The Kier molecular flexibility index (Phi) is 6.44. The number of aliphatic carboxylic acids is 1. The SMILES string of the molecule is CC=CCCCCC(C)C(=O)O. The fourth-order valence-corrected chi connectivity index (χ4v) is 1.00. The van der Waals surface area contributed by atoms with Gasteiger partial charge in [0.1, 0.15) is 0 Å². The van der Waals surface area contributed by atoms with Gasteiger partial charge in [-0.2, -0.15) is 0 Å². The molecule has 0 fully saturated rings. The second-order valence-corrected chi connectivity index (χ2v) is 3.09. The molecular weight excluding hydrogens is 152 g/mol. The van der Waals surface area contributed by atoms with Crippen LogP contribution in [0, 0.1) is 5.92 Å². The van der Waals surface area contributed by atoms with Crippen molar-refractivity contribution in [1.82, 2.24) is 0 Å². The van der Waals surface area contributed by atoms with Crippen molar-refractivity contribution in [2.24, 2.45) is 5.92 Å². The smallest absolute Gasteiger partial charge is 0.306 e. The number of allylic oxidation sites excluding steroid dienone is 2. The summed E-state index contributed by atoms with van der Waals surface area (Å²) < 4.78 is 0. The molecule has 2 heteroatoms. The van der Waals surface area contributed by atoms with Crippen LogP contribution in [0.25, 0.3) is 0 Å². The van der Waals surface area contributed by atoms with Crippen molar-refractivity contribution in [1.29, 1.82) is 0 Å². The molecule has 0 aromatic rings. The first-order valence-electron chi connectivity index (χ1n) is 4.52. The Morgan fingerprint density at radius 1 is 1.50 bits per heavy atom. The molecule has 1 unspecified atom stereocenters. The Bertz CT molecular complexity index is 150. The maximum Gasteiger partial charge on any atom is 0.306 e. The first-order chi connectivity index (χ1) is 5.68. The van der Waals surface area contributed by atoms with E-state index in [4.69, 9.17) is 5.11 Å². The molecule has 0 saturated heterocycles. The molecule has 0 aliphatic heterocycles. The third kappa shape index (κ3) is 5.96. The van der Waals surface area contributed by atoms with Crippen molar-refractivity contribution in [3.05, 3.63) is 12.2 Å². The molecule has 0 spiro atoms. The highest BCUT2D eigenvalue weighted by Crippen LogP contribution is 2.09. The fraction of sp³-hybridized carbons (Fsp3) is 0.700. The van der Waals surface area contributed by atoms with E-state index in [9.17, 15) is 4.79 Å². The zero-order valence-electron chi connectivity index (χ0n) is 7.92. The van der Waals surface area contributed by atoms with E-state index in [1.807, 2.05) is 13.0 Å². The lowest BCUT2D eigenvalue weighted by molar-refractivity contribution is -0.141. The minimum Gasteiger partial charge on any atom is -0.481 e. The third-order valence-electron chi connectivity index (χ3n) is 1.92. The van der Waals surface area contributed by atoms with Crippen LogP contribution < -0.4 is 0 Å². The Labute approximate surface area is 74.3 Å². The molecule has 0 heterocycles. The highest BCUT2D eigenvalue weighted by molar-refractivity contribution is 5.69. The lowest BCUT2D eigenvalue weighted by Gasteiger charge is -2.03. The minimum absolute atomic E-state index is 0.185. The summed E-state index contributed by atoms with van der Waals surface area (Å²) in [6, 6.07) is 0. The van der Waals surface area contributed by atoms with Gasteiger partial charge < -0.3 is 5.11 Å². The molecule has 70 valence electrons. The van der Waals surface area contributed by atoms with E-state index in [2.05, 4.69) is 6.08 Å². The molecule has 0 aliphatic carbocycles. The molecule has 0 amide bonds. The molecule has 12 heavy (non-hydrogen) atoms. The summed E-state index contributed by atoms with van der Waals surface area (Å²) in [5, 5.41) is 8.57. The van der Waals surface area contributed by atoms with Gasteiger partial charge in [-0.3, -0.25) is 4.79 Å². The monoisotopic (exact) mass is 170 g/mol. The zero-order chi connectivity index (χ0) is 9.40. The molecule has 2 nitrogen and oxygen atoms in total. The Balaban J connectivity index is 3.25. The van der Waals surface area contributed by atoms with E-state index >= 15 is 0 Å². The molecule has 0 saturated carbocycles. The lowest BCUT2D eigenvalue weighted by atomic mass is 10.0. The second kappa shape index (κ2) is 6.89. The number of hydrogen-bond donors (Lipinski definition) is 1. The second-order valence-electron chi connectivity index (χ2n) is 3.09. The molecule has 0 rings (SSSR count). The van der Waals surface area contributed by atoms with E-state index in [0.717, 1.165) is 25.7 Å². The Morgan fingerprint density at radius 2 is 2.17 bits per heavy atom. The quantitative estimate of drug-likeness (QED) is 0.491. The zero-order valence-corrected chi connectivity index (χ0v) is 7.92. The maximum absolute atomic E-state index is 10.4. The fourth-order valence-electron chi connectivity index (χ4n) is 1.00. The van der Waals surface area contributed by atoms with Gasteiger partial charge in [-0.1, -0.05) is 25.5 Å². The van der Waals surface area contributed by atoms with Gasteiger partial charge in [0.2, 0.25) is 0 Å². The predicted molar refractivity (Wildman–Crippen MR) is 50.1 cm³/mol. The van der Waals surface area contributed by atoms with Crippen molar-refractivity contribution >= 4 is 5.97 Å². The molecule has 0 aromatic carbocycles. The summed E-state index contributed by atoms with van der Waals surface area (Å²) >= 11 is 0. The van der Waals surface area contributed by atoms with Crippen molar-refractivity contribution in [3.8, 4) is 0 Å². The van der Waals surface area contributed by atoms with E-state index in [0.29, 0.717) is 0 Å². The Morgan fingerprint density at radius 3 is 2.67 bits per heavy atom. The number of carboxylic acids is 1. The normalized spacial score (nSPS) is 13.5. The molecule has 1 atom stereocenters. The molecular formula is C10H18O2. The Hall–Kier alpha value is -0.790. The van der Waals surface area contributed by atoms with Gasteiger partial charge in [0.25, 0.3) is 0 Å². The first-order valence-corrected chi connectivity index (χ1v) is 4.52. The summed E-state index contributed by atoms with van der Waals surface area (Å²) in [6.45, 7) is 3.76. The van der Waals surface area contributed by atoms with Crippen LogP contribution in [-0.4, -0.2) is 11.1 Å². The average molecular weight is 170 g/mol. The minimum atomic E-state index is -0.680. The molecule has 0 radical (unpaired) electrons. The highest BCUT2D eigenvalue weighted by atomic mass is 16.4. The van der Waals surface area contributed by atoms with Gasteiger partial charge in [-0.05, 0) is 26.2 Å². The van der Waals surface area contributed by atoms with Gasteiger partial charge in [0, 0.05) is 0 Å². The number of unbranched alkanes of at least 4 members (excludes halogenated alkanes) is 2. The summed E-state index contributed by atoms with van der Waals surface area (Å²) in [5.41, 5.74) is 0. The van der Waals surface area contributed by atoms with Crippen LogP contribution in [0.2, 0.25) is 0 Å². The van der Waals surface area contributed by atoms with Crippen LogP contribution in [-0.2, 0) is 4.79 Å². The number of carboxylic acid groups (broad SMARTS) is 1. The summed E-state index contributed by atoms with van der Waals surface area (Å²) in [7, 11) is 0. The number of rotatable bonds is 6. The van der Waals surface area contributed by atoms with Gasteiger partial charge in [-0.25, -0.2) is 0 Å². The molecule has 0 aliphatic rings. The lowest BCUT2D eigenvalue weighted by Crippen LogP contribution is -2.08. The average Bonchev–Trinajstić information content (AvgIpc) is 2.03. The van der Waals surface area contributed by atoms with Gasteiger partial charge in [-0.15, -0.1) is 0 Å². The first kappa shape index (κ1) is 11.2. The maximum atomic E-state index is 10.4. The van der Waals surface area contributed by atoms with Crippen LogP contribution >= 0.6 is 0 Å². The van der Waals surface area contributed by atoms with Gasteiger partial charge >= 0.3 is 5.97 Å². The highest BCUT2D eigenvalue weighted by Gasteiger charge is 2.08. The van der Waals surface area contributed by atoms with Gasteiger partial charge in [0.05, 0.1) is 5.92 Å². The summed E-state index contributed by atoms with van der Waals surface area (Å²) in [5.74, 6) is -0.864. The van der Waals surface area contributed by atoms with Crippen LogP contribution in [0.1, 0.15) is 39.5 Å². The van der Waals surface area contributed by atoms with E-state index in [1.165, 1.54) is 0 Å². The van der Waals surface area contributed by atoms with Crippen molar-refractivity contribution in [2.75, 3.05) is 0 Å². The number of hydrogen-bond acceptors (Lipinski definition) is 1. The molecule has 0 bridgehead atoms. The summed E-state index contributed by atoms with van der Waals surface area (Å²) in [6.07, 6.45) is 8.13. The predicted octanol–water partition coefficient (Wildman–Crippen LogP) is 2.84. The topological polar surface area (TPSA) is 37.3 Å². The van der Waals surface area contributed by atoms with Crippen LogP contribution in [0.5, 0.6) is 0 Å². The van der Waals surface area contributed by atoms with Crippen molar-refractivity contribution in [3.63, 3.8) is 0 Å². The van der Waals surface area contributed by atoms with E-state index in [-0.39, 0.29) is 5.92 Å². The van der Waals surface area contributed by atoms with E-state index < -0.39 is 5.97 Å². The van der Waals surface area contributed by atoms with Crippen molar-refractivity contribution in [2.45, 2.75) is 39.5 Å².